The fourth-order valence-corrected chi connectivity index (χ4v) is 1.75. The molecule has 0 aliphatic heterocycles. The van der Waals surface area contributed by atoms with Crippen LogP contribution in [0.4, 0.5) is 4.39 Å². The molecule has 0 unspecified atom stereocenters. The van der Waals surface area contributed by atoms with Crippen LogP contribution in [0.1, 0.15) is 27.4 Å². The average Bonchev–Trinajstić information content (AvgIpc) is 2.85. The third kappa shape index (κ3) is 3.19. The summed E-state index contributed by atoms with van der Waals surface area (Å²) < 4.78 is 24.1. The molecule has 0 spiro atoms. The van der Waals surface area contributed by atoms with Crippen LogP contribution < -0.4 is 16.0 Å². The van der Waals surface area contributed by atoms with E-state index in [0.29, 0.717) is 17.1 Å². The number of nitrogen functional groups attached to an aromatic ring is 1. The van der Waals surface area contributed by atoms with Gasteiger partial charge in [-0.15, -0.1) is 0 Å². The van der Waals surface area contributed by atoms with E-state index in [1.807, 2.05) is 5.43 Å². The minimum Gasteiger partial charge on any atom is -0.486 e. The van der Waals surface area contributed by atoms with E-state index in [1.54, 1.807) is 13.0 Å². The lowest BCUT2D eigenvalue weighted by molar-refractivity contribution is 0.0952. The summed E-state index contributed by atoms with van der Waals surface area (Å²) >= 11 is 0. The van der Waals surface area contributed by atoms with Crippen LogP contribution in [0.5, 0.6) is 5.75 Å². The highest BCUT2D eigenvalue weighted by Crippen LogP contribution is 2.19. The van der Waals surface area contributed by atoms with E-state index < -0.39 is 11.7 Å². The number of nitrogens with one attached hydrogen (secondary N) is 1. The topological polar surface area (TPSA) is 101 Å². The number of nitrogens with two attached hydrogens (primary N) is 1. The summed E-state index contributed by atoms with van der Waals surface area (Å²) in [6, 6.07) is 7.13. The number of nitriles is 1. The number of aryl methyl sites for hydroxylation is 1. The van der Waals surface area contributed by atoms with Gasteiger partial charge in [0.25, 0.3) is 5.91 Å². The maximum atomic E-state index is 13.4. The summed E-state index contributed by atoms with van der Waals surface area (Å²) in [6.45, 7) is 1.64. The molecule has 108 valence electrons. The Morgan fingerprint density at radius 3 is 2.90 bits per heavy atom. The van der Waals surface area contributed by atoms with Crippen LogP contribution in [0.3, 0.4) is 0 Å². The zero-order chi connectivity index (χ0) is 15.4. The largest absolute Gasteiger partial charge is 0.486 e. The monoisotopic (exact) mass is 289 g/mol. The fourth-order valence-electron chi connectivity index (χ4n) is 1.75. The third-order valence-electron chi connectivity index (χ3n) is 2.79. The van der Waals surface area contributed by atoms with Crippen LogP contribution in [0, 0.1) is 24.1 Å². The molecule has 7 heteroatoms. The Morgan fingerprint density at radius 1 is 1.52 bits per heavy atom. The van der Waals surface area contributed by atoms with E-state index in [0.717, 1.165) is 6.07 Å². The van der Waals surface area contributed by atoms with E-state index in [2.05, 4.69) is 0 Å². The van der Waals surface area contributed by atoms with E-state index >= 15 is 0 Å². The van der Waals surface area contributed by atoms with Gasteiger partial charge in [0.2, 0.25) is 0 Å². The number of carbonyl (C=O) groups excluding carboxylic acids is 1. The average molecular weight is 289 g/mol. The predicted octanol–water partition coefficient (Wildman–Crippen LogP) is 1.78. The highest BCUT2D eigenvalue weighted by molar-refractivity contribution is 5.94. The van der Waals surface area contributed by atoms with Crippen molar-refractivity contribution in [3.05, 3.63) is 52.7 Å². The Kier molecular flexibility index (Phi) is 4.21. The van der Waals surface area contributed by atoms with Crippen molar-refractivity contribution < 1.29 is 18.3 Å². The number of rotatable bonds is 4. The van der Waals surface area contributed by atoms with Crippen molar-refractivity contribution >= 4 is 5.91 Å². The van der Waals surface area contributed by atoms with Crippen molar-refractivity contribution in [1.29, 1.82) is 5.26 Å². The van der Waals surface area contributed by atoms with E-state index in [1.165, 1.54) is 18.2 Å². The second-order valence-corrected chi connectivity index (χ2v) is 4.20. The number of nitrogens with zero attached hydrogens (tertiary/aromatic N) is 1. The van der Waals surface area contributed by atoms with Gasteiger partial charge >= 0.3 is 0 Å². The highest BCUT2D eigenvalue weighted by Gasteiger charge is 2.14. The van der Waals surface area contributed by atoms with Gasteiger partial charge in [-0.25, -0.2) is 10.2 Å². The lowest BCUT2D eigenvalue weighted by atomic mass is 10.2. The molecule has 1 aromatic carbocycles. The van der Waals surface area contributed by atoms with E-state index in [9.17, 15) is 9.18 Å². The normalized spacial score (nSPS) is 10.0. The van der Waals surface area contributed by atoms with Gasteiger partial charge < -0.3 is 9.15 Å². The summed E-state index contributed by atoms with van der Waals surface area (Å²) in [5.74, 6) is 4.99. The molecule has 21 heavy (non-hydrogen) atoms. The van der Waals surface area contributed by atoms with Crippen LogP contribution in [-0.2, 0) is 6.61 Å². The molecule has 0 aliphatic rings. The molecule has 0 radical (unpaired) electrons. The molecule has 1 heterocycles. The van der Waals surface area contributed by atoms with Crippen molar-refractivity contribution in [2.24, 2.45) is 5.84 Å². The summed E-state index contributed by atoms with van der Waals surface area (Å²) in [5.41, 5.74) is 2.26. The minimum atomic E-state index is -0.658. The molecule has 0 aliphatic carbocycles. The number of carbonyl (C=O) groups is 1. The molecule has 1 amide bonds. The van der Waals surface area contributed by atoms with Crippen LogP contribution in [0.25, 0.3) is 0 Å². The van der Waals surface area contributed by atoms with Crippen molar-refractivity contribution in [3.63, 3.8) is 0 Å². The summed E-state index contributed by atoms with van der Waals surface area (Å²) in [5, 5.41) is 8.63. The fraction of sp³-hybridized carbons (Fsp3) is 0.143. The molecule has 2 aromatic rings. The second kappa shape index (κ2) is 6.07. The Hall–Kier alpha value is -2.85. The lowest BCUT2D eigenvalue weighted by Crippen LogP contribution is -2.30. The molecule has 0 fully saturated rings. The van der Waals surface area contributed by atoms with E-state index in [-0.39, 0.29) is 17.9 Å². The third-order valence-corrected chi connectivity index (χ3v) is 2.79. The molecule has 0 bridgehead atoms. The first-order valence-corrected chi connectivity index (χ1v) is 5.98. The number of benzene rings is 1. The molecule has 0 saturated heterocycles. The molecule has 2 rings (SSSR count). The van der Waals surface area contributed by atoms with Gasteiger partial charge in [0.1, 0.15) is 35.8 Å². The van der Waals surface area contributed by atoms with Gasteiger partial charge in [-0.1, -0.05) is 0 Å². The van der Waals surface area contributed by atoms with Crippen LogP contribution >= 0.6 is 0 Å². The number of furan rings is 1. The van der Waals surface area contributed by atoms with Gasteiger partial charge in [-0.05, 0) is 25.1 Å². The number of halogens is 1. The first kappa shape index (κ1) is 14.6. The van der Waals surface area contributed by atoms with Crippen molar-refractivity contribution in [3.8, 4) is 11.8 Å². The van der Waals surface area contributed by atoms with Crippen LogP contribution in [0.15, 0.2) is 28.7 Å². The molecule has 6 nitrogen and oxygen atoms in total. The van der Waals surface area contributed by atoms with Gasteiger partial charge in [0.15, 0.2) is 0 Å². The Balaban J connectivity index is 2.08. The summed E-state index contributed by atoms with van der Waals surface area (Å²) in [6.07, 6.45) is 0. The zero-order valence-electron chi connectivity index (χ0n) is 11.1. The van der Waals surface area contributed by atoms with Gasteiger partial charge in [-0.2, -0.15) is 5.26 Å². The Bertz CT molecular complexity index is 719. The van der Waals surface area contributed by atoms with Crippen molar-refractivity contribution in [2.45, 2.75) is 13.5 Å². The number of hydrogen-bond donors (Lipinski definition) is 2. The highest BCUT2D eigenvalue weighted by atomic mass is 19.1. The molecule has 0 saturated carbocycles. The Morgan fingerprint density at radius 2 is 2.29 bits per heavy atom. The molecule has 0 atom stereocenters. The number of amides is 1. The molecular formula is C14H12FN3O3. The zero-order valence-corrected chi connectivity index (χ0v) is 11.1. The van der Waals surface area contributed by atoms with Crippen molar-refractivity contribution in [1.82, 2.24) is 5.43 Å². The predicted molar refractivity (Wildman–Crippen MR) is 70.5 cm³/mol. The number of hydrazine groups is 1. The first-order valence-electron chi connectivity index (χ1n) is 5.98. The maximum absolute atomic E-state index is 13.4. The van der Waals surface area contributed by atoms with Gasteiger partial charge in [-0.3, -0.25) is 10.2 Å². The Labute approximate surface area is 119 Å². The van der Waals surface area contributed by atoms with Gasteiger partial charge in [0.05, 0.1) is 11.1 Å². The maximum Gasteiger partial charge on any atom is 0.268 e. The second-order valence-electron chi connectivity index (χ2n) is 4.20. The van der Waals surface area contributed by atoms with E-state index in [4.69, 9.17) is 20.3 Å². The quantitative estimate of drug-likeness (QED) is 0.507. The molecule has 1 aromatic heterocycles. The number of hydrogen-bond acceptors (Lipinski definition) is 5. The number of ether oxygens (including phenoxy) is 1. The minimum absolute atomic E-state index is 0.0179. The van der Waals surface area contributed by atoms with Gasteiger partial charge in [0, 0.05) is 6.07 Å². The molecule has 3 N–H and O–H groups in total. The SMILES string of the molecule is Cc1oc(COc2ccc(C#N)c(F)c2)cc1C(=O)NN. The van der Waals surface area contributed by atoms with Crippen LogP contribution in [-0.4, -0.2) is 5.91 Å². The smallest absolute Gasteiger partial charge is 0.268 e. The molecular weight excluding hydrogens is 277 g/mol. The lowest BCUT2D eigenvalue weighted by Gasteiger charge is -2.04. The first-order chi connectivity index (χ1) is 10.0. The van der Waals surface area contributed by atoms with Crippen LogP contribution in [0.2, 0.25) is 0 Å². The van der Waals surface area contributed by atoms with Crippen molar-refractivity contribution in [2.75, 3.05) is 0 Å². The summed E-state index contributed by atoms with van der Waals surface area (Å²) in [4.78, 5) is 11.4. The summed E-state index contributed by atoms with van der Waals surface area (Å²) in [7, 11) is 0. The standard InChI is InChI=1S/C14H12FN3O3/c1-8-12(14(19)18-17)4-11(21-8)7-20-10-3-2-9(6-16)13(15)5-10/h2-5H,7,17H2,1H3,(H,18,19).